The van der Waals surface area contributed by atoms with E-state index in [0.717, 1.165) is 11.8 Å². The third-order valence-electron chi connectivity index (χ3n) is 3.48. The maximum absolute atomic E-state index is 5.59. The van der Waals surface area contributed by atoms with Crippen LogP contribution in [0, 0.1) is 11.8 Å². The van der Waals surface area contributed by atoms with Crippen LogP contribution < -0.4 is 0 Å². The average Bonchev–Trinajstić information content (AvgIpc) is 2.45. The van der Waals surface area contributed by atoms with Crippen LogP contribution in [0.5, 0.6) is 0 Å². The highest BCUT2D eigenvalue weighted by molar-refractivity contribution is 6.17. The second-order valence-corrected chi connectivity index (χ2v) is 4.36. The number of hydrogen-bond donors (Lipinski definition) is 0. The van der Waals surface area contributed by atoms with Crippen LogP contribution in [-0.4, -0.2) is 11.7 Å². The van der Waals surface area contributed by atoms with Gasteiger partial charge in [-0.05, 0) is 44.4 Å². The molecule has 0 heterocycles. The standard InChI is InChI=1S/C9H15ClO/c1-9(11-6-10)5-7-2-3-8(9)4-7/h7-8H,2-6H2,1H3. The Morgan fingerprint density at radius 2 is 2.36 bits per heavy atom. The summed E-state index contributed by atoms with van der Waals surface area (Å²) in [6.45, 7) is 2.22. The predicted octanol–water partition coefficient (Wildman–Crippen LogP) is 2.78. The van der Waals surface area contributed by atoms with E-state index in [2.05, 4.69) is 6.92 Å². The summed E-state index contributed by atoms with van der Waals surface area (Å²) in [6.07, 6.45) is 5.40. The molecule has 0 aromatic rings. The van der Waals surface area contributed by atoms with Crippen LogP contribution in [0.4, 0.5) is 0 Å². The van der Waals surface area contributed by atoms with E-state index in [1.807, 2.05) is 0 Å². The van der Waals surface area contributed by atoms with Gasteiger partial charge in [0, 0.05) is 0 Å². The molecule has 0 aliphatic heterocycles. The summed E-state index contributed by atoms with van der Waals surface area (Å²) >= 11 is 5.59. The maximum atomic E-state index is 5.59. The fraction of sp³-hybridized carbons (Fsp3) is 1.00. The van der Waals surface area contributed by atoms with Crippen LogP contribution in [0.3, 0.4) is 0 Å². The molecule has 2 aliphatic carbocycles. The number of halogens is 1. The van der Waals surface area contributed by atoms with E-state index in [1.54, 1.807) is 0 Å². The van der Waals surface area contributed by atoms with Gasteiger partial charge in [0.05, 0.1) is 5.60 Å². The molecular weight excluding hydrogens is 160 g/mol. The predicted molar refractivity (Wildman–Crippen MR) is 45.7 cm³/mol. The summed E-state index contributed by atoms with van der Waals surface area (Å²) in [5.74, 6) is 1.74. The van der Waals surface area contributed by atoms with Gasteiger partial charge in [0.15, 0.2) is 0 Å². The fourth-order valence-electron chi connectivity index (χ4n) is 2.86. The van der Waals surface area contributed by atoms with Crippen molar-refractivity contribution in [3.8, 4) is 0 Å². The first kappa shape index (κ1) is 7.88. The Labute approximate surface area is 73.1 Å². The van der Waals surface area contributed by atoms with Gasteiger partial charge in [-0.3, -0.25) is 0 Å². The van der Waals surface area contributed by atoms with E-state index in [9.17, 15) is 0 Å². The van der Waals surface area contributed by atoms with Crippen molar-refractivity contribution in [2.75, 3.05) is 6.07 Å². The molecule has 64 valence electrons. The van der Waals surface area contributed by atoms with Crippen molar-refractivity contribution >= 4 is 11.6 Å². The molecular formula is C9H15ClO. The first-order valence-corrected chi connectivity index (χ1v) is 4.98. The minimum absolute atomic E-state index is 0.130. The minimum Gasteiger partial charge on any atom is -0.359 e. The Kier molecular flexibility index (Phi) is 1.89. The van der Waals surface area contributed by atoms with Gasteiger partial charge in [0.25, 0.3) is 0 Å². The van der Waals surface area contributed by atoms with Crippen LogP contribution in [0.1, 0.15) is 32.6 Å². The number of rotatable bonds is 2. The van der Waals surface area contributed by atoms with Gasteiger partial charge in [-0.2, -0.15) is 0 Å². The molecule has 0 N–H and O–H groups in total. The van der Waals surface area contributed by atoms with E-state index in [4.69, 9.17) is 16.3 Å². The monoisotopic (exact) mass is 174 g/mol. The zero-order valence-corrected chi connectivity index (χ0v) is 7.73. The van der Waals surface area contributed by atoms with Crippen molar-refractivity contribution in [2.24, 2.45) is 11.8 Å². The molecule has 2 heteroatoms. The van der Waals surface area contributed by atoms with Gasteiger partial charge >= 0.3 is 0 Å². The van der Waals surface area contributed by atoms with Crippen LogP contribution in [0.25, 0.3) is 0 Å². The quantitative estimate of drug-likeness (QED) is 0.585. The fourth-order valence-corrected chi connectivity index (χ4v) is 3.11. The van der Waals surface area contributed by atoms with Gasteiger partial charge in [0.1, 0.15) is 6.07 Å². The van der Waals surface area contributed by atoms with Gasteiger partial charge < -0.3 is 4.74 Å². The van der Waals surface area contributed by atoms with E-state index in [1.165, 1.54) is 25.7 Å². The molecule has 2 aliphatic rings. The molecule has 2 fully saturated rings. The van der Waals surface area contributed by atoms with Crippen LogP contribution in [0.15, 0.2) is 0 Å². The van der Waals surface area contributed by atoms with Gasteiger partial charge in [-0.1, -0.05) is 11.6 Å². The number of fused-ring (bicyclic) bond motifs is 2. The Morgan fingerprint density at radius 1 is 1.55 bits per heavy atom. The smallest absolute Gasteiger partial charge is 0.121 e. The van der Waals surface area contributed by atoms with Crippen molar-refractivity contribution in [3.05, 3.63) is 0 Å². The first-order chi connectivity index (χ1) is 5.24. The highest BCUT2D eigenvalue weighted by atomic mass is 35.5. The van der Waals surface area contributed by atoms with Gasteiger partial charge in [0.2, 0.25) is 0 Å². The van der Waals surface area contributed by atoms with Crippen molar-refractivity contribution in [1.29, 1.82) is 0 Å². The van der Waals surface area contributed by atoms with Crippen LogP contribution >= 0.6 is 11.6 Å². The summed E-state index contributed by atoms with van der Waals surface area (Å²) in [5, 5.41) is 0. The zero-order valence-electron chi connectivity index (χ0n) is 6.98. The summed E-state index contributed by atoms with van der Waals surface area (Å²) in [4.78, 5) is 0. The molecule has 3 atom stereocenters. The summed E-state index contributed by atoms with van der Waals surface area (Å²) in [6, 6.07) is 0.361. The molecule has 0 saturated heterocycles. The zero-order chi connectivity index (χ0) is 7.90. The highest BCUT2D eigenvalue weighted by Crippen LogP contribution is 2.52. The third-order valence-corrected chi connectivity index (χ3v) is 3.59. The maximum Gasteiger partial charge on any atom is 0.121 e. The third kappa shape index (κ3) is 1.19. The number of alkyl halides is 1. The van der Waals surface area contributed by atoms with E-state index in [0.29, 0.717) is 6.07 Å². The topological polar surface area (TPSA) is 9.23 Å². The van der Waals surface area contributed by atoms with Gasteiger partial charge in [-0.15, -0.1) is 0 Å². The van der Waals surface area contributed by atoms with Crippen LogP contribution in [-0.2, 0) is 4.74 Å². The number of hydrogen-bond acceptors (Lipinski definition) is 1. The molecule has 0 radical (unpaired) electrons. The molecule has 0 aromatic heterocycles. The summed E-state index contributed by atoms with van der Waals surface area (Å²) in [7, 11) is 0. The number of ether oxygens (including phenoxy) is 1. The second kappa shape index (κ2) is 2.63. The lowest BCUT2D eigenvalue weighted by Gasteiger charge is -2.33. The Balaban J connectivity index is 2.04. The molecule has 0 aromatic carbocycles. The highest BCUT2D eigenvalue weighted by Gasteiger charge is 2.48. The molecule has 2 rings (SSSR count). The van der Waals surface area contributed by atoms with E-state index >= 15 is 0 Å². The Morgan fingerprint density at radius 3 is 2.82 bits per heavy atom. The molecule has 0 spiro atoms. The van der Waals surface area contributed by atoms with Crippen molar-refractivity contribution in [1.82, 2.24) is 0 Å². The Bertz CT molecular complexity index is 160. The van der Waals surface area contributed by atoms with E-state index in [-0.39, 0.29) is 5.60 Å². The lowest BCUT2D eigenvalue weighted by atomic mass is 9.86. The molecule has 0 amide bonds. The van der Waals surface area contributed by atoms with E-state index < -0.39 is 0 Å². The molecule has 2 saturated carbocycles. The molecule has 2 bridgehead atoms. The molecule has 3 unspecified atom stereocenters. The van der Waals surface area contributed by atoms with Crippen LogP contribution in [0.2, 0.25) is 0 Å². The minimum atomic E-state index is 0.130. The van der Waals surface area contributed by atoms with Crippen molar-refractivity contribution in [3.63, 3.8) is 0 Å². The lowest BCUT2D eigenvalue weighted by molar-refractivity contribution is -0.0481. The first-order valence-electron chi connectivity index (χ1n) is 4.44. The molecule has 11 heavy (non-hydrogen) atoms. The lowest BCUT2D eigenvalue weighted by Crippen LogP contribution is -2.34. The average molecular weight is 175 g/mol. The second-order valence-electron chi connectivity index (χ2n) is 4.15. The Hall–Kier alpha value is 0.250. The molecule has 1 nitrogen and oxygen atoms in total. The summed E-state index contributed by atoms with van der Waals surface area (Å²) < 4.78 is 5.59. The summed E-state index contributed by atoms with van der Waals surface area (Å²) in [5.41, 5.74) is 0.130. The van der Waals surface area contributed by atoms with Gasteiger partial charge in [-0.25, -0.2) is 0 Å². The SMILES string of the molecule is CC1(OCCl)CC2CCC1C2. The normalized spacial score (nSPS) is 48.5. The van der Waals surface area contributed by atoms with Crippen molar-refractivity contribution in [2.45, 2.75) is 38.2 Å². The van der Waals surface area contributed by atoms with Crippen molar-refractivity contribution < 1.29 is 4.74 Å². The largest absolute Gasteiger partial charge is 0.359 e.